The summed E-state index contributed by atoms with van der Waals surface area (Å²) in [7, 11) is 0. The van der Waals surface area contributed by atoms with E-state index in [4.69, 9.17) is 9.26 Å². The second-order valence-electron chi connectivity index (χ2n) is 6.01. The first kappa shape index (κ1) is 18.6. The van der Waals surface area contributed by atoms with Crippen LogP contribution in [0.2, 0.25) is 0 Å². The van der Waals surface area contributed by atoms with Gasteiger partial charge in [-0.05, 0) is 30.2 Å². The molecule has 0 saturated carbocycles. The third kappa shape index (κ3) is 6.80. The van der Waals surface area contributed by atoms with Crippen molar-refractivity contribution in [2.24, 2.45) is 5.92 Å². The molecule has 0 unspecified atom stereocenters. The second kappa shape index (κ2) is 10.2. The summed E-state index contributed by atoms with van der Waals surface area (Å²) < 4.78 is 10.7. The molecule has 0 spiro atoms. The van der Waals surface area contributed by atoms with Crippen molar-refractivity contribution in [1.29, 1.82) is 0 Å². The fourth-order valence-electron chi connectivity index (χ4n) is 2.07. The second-order valence-corrected chi connectivity index (χ2v) is 6.96. The molecule has 0 aliphatic heterocycles. The lowest BCUT2D eigenvalue weighted by atomic mass is 10.2. The lowest BCUT2D eigenvalue weighted by molar-refractivity contribution is -0.121. The Labute approximate surface area is 146 Å². The number of hydrogen-bond acceptors (Lipinski definition) is 6. The summed E-state index contributed by atoms with van der Waals surface area (Å²) in [6.45, 7) is 6.35. The summed E-state index contributed by atoms with van der Waals surface area (Å²) in [4.78, 5) is 17.1. The molecule has 2 rings (SSSR count). The van der Waals surface area contributed by atoms with Gasteiger partial charge in [-0.2, -0.15) is 4.98 Å². The third-order valence-corrected chi connectivity index (χ3v) is 4.11. The topological polar surface area (TPSA) is 77.2 Å². The lowest BCUT2D eigenvalue weighted by Crippen LogP contribution is -2.25. The van der Waals surface area contributed by atoms with Crippen LogP contribution in [-0.4, -0.2) is 35.8 Å². The van der Waals surface area contributed by atoms with E-state index in [2.05, 4.69) is 29.3 Å². The van der Waals surface area contributed by atoms with Crippen LogP contribution in [0.1, 0.15) is 39.0 Å². The first-order valence-electron chi connectivity index (χ1n) is 8.36. The van der Waals surface area contributed by atoms with E-state index < -0.39 is 0 Å². The molecule has 2 aromatic rings. The fourth-order valence-corrected chi connectivity index (χ4v) is 2.72. The zero-order chi connectivity index (χ0) is 17.2. The molecule has 0 bridgehead atoms. The number of thiophene rings is 1. The molecule has 0 atom stereocenters. The number of ether oxygens (including phenoxy) is 1. The van der Waals surface area contributed by atoms with E-state index in [0.29, 0.717) is 50.0 Å². The molecule has 6 nitrogen and oxygen atoms in total. The molecule has 0 aliphatic carbocycles. The Morgan fingerprint density at radius 2 is 2.29 bits per heavy atom. The maximum absolute atomic E-state index is 11.7. The molecular weight excluding hydrogens is 326 g/mol. The average molecular weight is 351 g/mol. The van der Waals surface area contributed by atoms with E-state index in [9.17, 15) is 4.79 Å². The van der Waals surface area contributed by atoms with Crippen molar-refractivity contribution in [2.45, 2.75) is 39.5 Å². The van der Waals surface area contributed by atoms with Crippen molar-refractivity contribution in [3.05, 3.63) is 23.4 Å². The molecular formula is C17H25N3O3S. The van der Waals surface area contributed by atoms with Gasteiger partial charge in [-0.3, -0.25) is 4.79 Å². The summed E-state index contributed by atoms with van der Waals surface area (Å²) in [5.74, 6) is 1.79. The van der Waals surface area contributed by atoms with Crippen LogP contribution in [0.5, 0.6) is 0 Å². The van der Waals surface area contributed by atoms with Gasteiger partial charge in [0.15, 0.2) is 0 Å². The summed E-state index contributed by atoms with van der Waals surface area (Å²) in [6, 6.07) is 3.91. The molecule has 0 aromatic carbocycles. The van der Waals surface area contributed by atoms with Crippen LogP contribution in [0.4, 0.5) is 0 Å². The van der Waals surface area contributed by atoms with E-state index in [-0.39, 0.29) is 5.91 Å². The minimum atomic E-state index is 0.0526. The van der Waals surface area contributed by atoms with Crippen molar-refractivity contribution in [2.75, 3.05) is 19.8 Å². The SMILES string of the molecule is CC(C)COCCCNC(=O)CCCc1nc(-c2cccs2)no1. The number of nitrogens with one attached hydrogen (secondary N) is 1. The van der Waals surface area contributed by atoms with Crippen LogP contribution >= 0.6 is 11.3 Å². The first-order chi connectivity index (χ1) is 11.6. The van der Waals surface area contributed by atoms with E-state index >= 15 is 0 Å². The Kier molecular flexibility index (Phi) is 7.91. The summed E-state index contributed by atoms with van der Waals surface area (Å²) in [6.07, 6.45) is 2.61. The van der Waals surface area contributed by atoms with Crippen molar-refractivity contribution in [3.8, 4) is 10.7 Å². The van der Waals surface area contributed by atoms with Gasteiger partial charge < -0.3 is 14.6 Å². The Morgan fingerprint density at radius 1 is 1.42 bits per heavy atom. The zero-order valence-corrected chi connectivity index (χ0v) is 15.1. The van der Waals surface area contributed by atoms with Crippen molar-refractivity contribution < 1.29 is 14.1 Å². The third-order valence-electron chi connectivity index (χ3n) is 3.24. The van der Waals surface area contributed by atoms with E-state index in [1.165, 1.54) is 0 Å². The van der Waals surface area contributed by atoms with E-state index in [1.807, 2.05) is 17.5 Å². The highest BCUT2D eigenvalue weighted by Crippen LogP contribution is 2.21. The predicted octanol–water partition coefficient (Wildman–Crippen LogP) is 3.30. The lowest BCUT2D eigenvalue weighted by Gasteiger charge is -2.07. The predicted molar refractivity (Wildman–Crippen MR) is 93.8 cm³/mol. The number of carbonyl (C=O) groups is 1. The number of hydrogen-bond donors (Lipinski definition) is 1. The van der Waals surface area contributed by atoms with Gasteiger partial charge in [-0.1, -0.05) is 25.1 Å². The average Bonchev–Trinajstić information content (AvgIpc) is 3.21. The maximum Gasteiger partial charge on any atom is 0.226 e. The van der Waals surface area contributed by atoms with E-state index in [1.54, 1.807) is 11.3 Å². The van der Waals surface area contributed by atoms with Crippen molar-refractivity contribution in [3.63, 3.8) is 0 Å². The molecule has 0 saturated heterocycles. The standard InChI is InChI=1S/C17H25N3O3S/c1-13(2)12-22-10-5-9-18-15(21)7-3-8-16-19-17(20-23-16)14-6-4-11-24-14/h4,6,11,13H,3,5,7-10,12H2,1-2H3,(H,18,21). The monoisotopic (exact) mass is 351 g/mol. The number of nitrogens with zero attached hydrogens (tertiary/aromatic N) is 2. The van der Waals surface area contributed by atoms with Gasteiger partial charge in [-0.25, -0.2) is 0 Å². The molecule has 132 valence electrons. The number of amides is 1. The minimum absolute atomic E-state index is 0.0526. The number of carbonyl (C=O) groups excluding carboxylic acids is 1. The van der Waals surface area contributed by atoms with Crippen molar-refractivity contribution in [1.82, 2.24) is 15.5 Å². The molecule has 7 heteroatoms. The summed E-state index contributed by atoms with van der Waals surface area (Å²) in [5.41, 5.74) is 0. The normalized spacial score (nSPS) is 11.1. The molecule has 2 aromatic heterocycles. The molecule has 0 radical (unpaired) electrons. The Hall–Kier alpha value is -1.73. The van der Waals surface area contributed by atoms with Crippen LogP contribution in [0.3, 0.4) is 0 Å². The van der Waals surface area contributed by atoms with Gasteiger partial charge in [0.25, 0.3) is 0 Å². The fraction of sp³-hybridized carbons (Fsp3) is 0.588. The molecule has 24 heavy (non-hydrogen) atoms. The van der Waals surface area contributed by atoms with Gasteiger partial charge in [-0.15, -0.1) is 11.3 Å². The Bertz CT molecular complexity index is 596. The highest BCUT2D eigenvalue weighted by atomic mass is 32.1. The number of aromatic nitrogens is 2. The highest BCUT2D eigenvalue weighted by Gasteiger charge is 2.10. The zero-order valence-electron chi connectivity index (χ0n) is 14.3. The molecule has 1 N–H and O–H groups in total. The molecule has 0 aliphatic rings. The maximum atomic E-state index is 11.7. The van der Waals surface area contributed by atoms with Gasteiger partial charge in [0.1, 0.15) is 0 Å². The van der Waals surface area contributed by atoms with E-state index in [0.717, 1.165) is 17.9 Å². The Morgan fingerprint density at radius 3 is 3.04 bits per heavy atom. The van der Waals surface area contributed by atoms with Crippen LogP contribution in [0.15, 0.2) is 22.0 Å². The summed E-state index contributed by atoms with van der Waals surface area (Å²) >= 11 is 1.57. The molecule has 0 fully saturated rings. The van der Waals surface area contributed by atoms with Crippen molar-refractivity contribution >= 4 is 17.2 Å². The minimum Gasteiger partial charge on any atom is -0.381 e. The quantitative estimate of drug-likeness (QED) is 0.629. The van der Waals surface area contributed by atoms with Crippen LogP contribution in [0.25, 0.3) is 10.7 Å². The number of aryl methyl sites for hydroxylation is 1. The molecule has 2 heterocycles. The highest BCUT2D eigenvalue weighted by molar-refractivity contribution is 7.13. The van der Waals surface area contributed by atoms with Gasteiger partial charge in [0.05, 0.1) is 4.88 Å². The smallest absolute Gasteiger partial charge is 0.226 e. The first-order valence-corrected chi connectivity index (χ1v) is 9.24. The van der Waals surface area contributed by atoms with Gasteiger partial charge in [0, 0.05) is 32.6 Å². The van der Waals surface area contributed by atoms with Gasteiger partial charge >= 0.3 is 0 Å². The summed E-state index contributed by atoms with van der Waals surface area (Å²) in [5, 5.41) is 8.83. The Balaban J connectivity index is 1.55. The number of rotatable bonds is 11. The molecule has 1 amide bonds. The van der Waals surface area contributed by atoms with Crippen LogP contribution in [-0.2, 0) is 16.0 Å². The van der Waals surface area contributed by atoms with Crippen LogP contribution < -0.4 is 5.32 Å². The van der Waals surface area contributed by atoms with Gasteiger partial charge in [0.2, 0.25) is 17.6 Å². The van der Waals surface area contributed by atoms with Crippen LogP contribution in [0, 0.1) is 5.92 Å². The largest absolute Gasteiger partial charge is 0.381 e.